The van der Waals surface area contributed by atoms with Crippen molar-refractivity contribution in [2.24, 2.45) is 5.10 Å². The van der Waals surface area contributed by atoms with E-state index in [4.69, 9.17) is 4.55 Å². The molecule has 6 nitrogen and oxygen atoms in total. The predicted molar refractivity (Wildman–Crippen MR) is 89.8 cm³/mol. The maximum absolute atomic E-state index is 11.9. The summed E-state index contributed by atoms with van der Waals surface area (Å²) in [6.45, 7) is 0. The fourth-order valence-corrected chi connectivity index (χ4v) is 3.16. The highest BCUT2D eigenvalue weighted by Gasteiger charge is 2.11. The molecule has 2 aromatic rings. The molecular weight excluding hydrogens is 328 g/mol. The Morgan fingerprint density at radius 1 is 1.08 bits per heavy atom. The quantitative estimate of drug-likeness (QED) is 0.505. The number of amides is 1. The van der Waals surface area contributed by atoms with E-state index < -0.39 is 16.0 Å². The molecule has 0 bridgehead atoms. The van der Waals surface area contributed by atoms with E-state index >= 15 is 0 Å². The number of rotatable bonds is 4. The van der Waals surface area contributed by atoms with Crippen LogP contribution in [0.15, 0.2) is 52.5 Å². The molecule has 0 fully saturated rings. The third-order valence-electron chi connectivity index (χ3n) is 3.92. The molecule has 7 heteroatoms. The summed E-state index contributed by atoms with van der Waals surface area (Å²) in [6.07, 6.45) is 4.93. The fraction of sp³-hybridized carbons (Fsp3) is 0.176. The van der Waals surface area contributed by atoms with Crippen molar-refractivity contribution in [3.8, 4) is 0 Å². The lowest BCUT2D eigenvalue weighted by Gasteiger charge is -2.02. The molecule has 24 heavy (non-hydrogen) atoms. The first kappa shape index (κ1) is 16.4. The average Bonchev–Trinajstić information content (AvgIpc) is 3.02. The monoisotopic (exact) mass is 344 g/mol. The molecule has 2 aromatic carbocycles. The average molecular weight is 344 g/mol. The molecule has 1 amide bonds. The van der Waals surface area contributed by atoms with Gasteiger partial charge in [-0.2, -0.15) is 13.5 Å². The molecule has 1 aliphatic rings. The number of hydrogen-bond donors (Lipinski definition) is 2. The number of carbonyl (C=O) groups is 1. The lowest BCUT2D eigenvalue weighted by atomic mass is 10.1. The summed E-state index contributed by atoms with van der Waals surface area (Å²) in [7, 11) is -4.26. The Bertz CT molecular complexity index is 903. The van der Waals surface area contributed by atoms with Crippen molar-refractivity contribution in [3.05, 3.63) is 64.7 Å². The number of fused-ring (bicyclic) bond motifs is 1. The van der Waals surface area contributed by atoms with E-state index in [0.29, 0.717) is 0 Å². The van der Waals surface area contributed by atoms with Gasteiger partial charge in [-0.25, -0.2) is 5.43 Å². The summed E-state index contributed by atoms with van der Waals surface area (Å²) in [5, 5.41) is 3.92. The zero-order valence-electron chi connectivity index (χ0n) is 12.8. The Balaban J connectivity index is 1.65. The first-order chi connectivity index (χ1) is 11.4. The smallest absolute Gasteiger partial charge is 0.282 e. The lowest BCUT2D eigenvalue weighted by molar-refractivity contribution is 0.0955. The normalized spacial score (nSPS) is 13.9. The molecule has 0 aromatic heterocycles. The molecule has 2 N–H and O–H groups in total. The Kier molecular flexibility index (Phi) is 4.46. The molecule has 124 valence electrons. The highest BCUT2D eigenvalue weighted by molar-refractivity contribution is 7.85. The van der Waals surface area contributed by atoms with Crippen LogP contribution in [0.1, 0.15) is 33.5 Å². The van der Waals surface area contributed by atoms with Gasteiger partial charge in [0.25, 0.3) is 16.0 Å². The van der Waals surface area contributed by atoms with Crippen molar-refractivity contribution in [1.82, 2.24) is 5.43 Å². The largest absolute Gasteiger partial charge is 0.294 e. The van der Waals surface area contributed by atoms with Crippen LogP contribution in [0.5, 0.6) is 0 Å². The van der Waals surface area contributed by atoms with Gasteiger partial charge in [0.15, 0.2) is 0 Å². The fourth-order valence-electron chi connectivity index (χ4n) is 2.68. The number of aryl methyl sites for hydroxylation is 2. The summed E-state index contributed by atoms with van der Waals surface area (Å²) in [5.74, 6) is -0.464. The van der Waals surface area contributed by atoms with Gasteiger partial charge in [-0.3, -0.25) is 9.35 Å². The van der Waals surface area contributed by atoms with E-state index in [1.54, 1.807) is 6.21 Å². The summed E-state index contributed by atoms with van der Waals surface area (Å²) in [5.41, 5.74) is 6.25. The molecule has 0 saturated heterocycles. The van der Waals surface area contributed by atoms with Gasteiger partial charge in [0.2, 0.25) is 0 Å². The van der Waals surface area contributed by atoms with E-state index in [0.717, 1.165) is 30.5 Å². The summed E-state index contributed by atoms with van der Waals surface area (Å²) in [4.78, 5) is 11.7. The summed E-state index contributed by atoms with van der Waals surface area (Å²) < 4.78 is 30.8. The van der Waals surface area contributed by atoms with E-state index in [-0.39, 0.29) is 10.5 Å². The second-order valence-electron chi connectivity index (χ2n) is 5.58. The Morgan fingerprint density at radius 2 is 1.79 bits per heavy atom. The third-order valence-corrected chi connectivity index (χ3v) is 4.78. The minimum atomic E-state index is -4.26. The van der Waals surface area contributed by atoms with E-state index in [1.807, 2.05) is 6.07 Å². The number of nitrogens with zero attached hydrogens (tertiary/aromatic N) is 1. The van der Waals surface area contributed by atoms with Crippen LogP contribution < -0.4 is 5.43 Å². The van der Waals surface area contributed by atoms with Gasteiger partial charge < -0.3 is 0 Å². The second kappa shape index (κ2) is 6.54. The molecule has 1 aliphatic carbocycles. The molecule has 0 spiro atoms. The van der Waals surface area contributed by atoms with E-state index in [2.05, 4.69) is 22.7 Å². The first-order valence-corrected chi connectivity index (χ1v) is 8.90. The Hall–Kier alpha value is -2.51. The zero-order chi connectivity index (χ0) is 17.2. The predicted octanol–water partition coefficient (Wildman–Crippen LogP) is 2.19. The molecular formula is C17H16N2O4S. The van der Waals surface area contributed by atoms with Crippen LogP contribution in [0.2, 0.25) is 0 Å². The highest BCUT2D eigenvalue weighted by atomic mass is 32.2. The molecule has 0 unspecified atom stereocenters. The number of nitrogens with one attached hydrogen (secondary N) is 1. The van der Waals surface area contributed by atoms with Crippen molar-refractivity contribution >= 4 is 22.2 Å². The van der Waals surface area contributed by atoms with Gasteiger partial charge in [0.1, 0.15) is 0 Å². The SMILES string of the molecule is O=C(N/N=C\c1ccc2c(c1)CCC2)c1ccc(S(=O)(=O)O)cc1. The number of hydrogen-bond acceptors (Lipinski definition) is 4. The van der Waals surface area contributed by atoms with Gasteiger partial charge in [0, 0.05) is 5.56 Å². The highest BCUT2D eigenvalue weighted by Crippen LogP contribution is 2.22. The number of benzene rings is 2. The van der Waals surface area contributed by atoms with E-state index in [9.17, 15) is 13.2 Å². The standard InChI is InChI=1S/C17H16N2O4S/c20-17(14-6-8-16(9-7-14)24(21,22)23)19-18-11-12-4-5-13-2-1-3-15(13)10-12/h4-11H,1-3H2,(H,19,20)(H,21,22,23)/b18-11-. The van der Waals surface area contributed by atoms with Crippen LogP contribution in [-0.2, 0) is 23.0 Å². The van der Waals surface area contributed by atoms with Crippen molar-refractivity contribution < 1.29 is 17.8 Å². The summed E-state index contributed by atoms with van der Waals surface area (Å²) >= 11 is 0. The van der Waals surface area contributed by atoms with Crippen LogP contribution in [0.25, 0.3) is 0 Å². The van der Waals surface area contributed by atoms with E-state index in [1.165, 1.54) is 29.7 Å². The molecule has 0 atom stereocenters. The van der Waals surface area contributed by atoms with Crippen molar-refractivity contribution in [2.75, 3.05) is 0 Å². The minimum Gasteiger partial charge on any atom is -0.282 e. The minimum absolute atomic E-state index is 0.244. The van der Waals surface area contributed by atoms with Gasteiger partial charge in [-0.05, 0) is 66.3 Å². The second-order valence-corrected chi connectivity index (χ2v) is 7.00. The van der Waals surface area contributed by atoms with Crippen LogP contribution in [0.4, 0.5) is 0 Å². The van der Waals surface area contributed by atoms with Gasteiger partial charge in [0.05, 0.1) is 11.1 Å². The molecule has 0 radical (unpaired) electrons. The Morgan fingerprint density at radius 3 is 2.50 bits per heavy atom. The molecule has 0 heterocycles. The maximum Gasteiger partial charge on any atom is 0.294 e. The topological polar surface area (TPSA) is 95.8 Å². The van der Waals surface area contributed by atoms with Gasteiger partial charge >= 0.3 is 0 Å². The maximum atomic E-state index is 11.9. The third kappa shape index (κ3) is 3.69. The number of carbonyl (C=O) groups excluding carboxylic acids is 1. The van der Waals surface area contributed by atoms with Gasteiger partial charge in [-0.15, -0.1) is 0 Å². The molecule has 3 rings (SSSR count). The first-order valence-electron chi connectivity index (χ1n) is 7.46. The zero-order valence-corrected chi connectivity index (χ0v) is 13.6. The van der Waals surface area contributed by atoms with Crippen molar-refractivity contribution in [3.63, 3.8) is 0 Å². The van der Waals surface area contributed by atoms with Crippen LogP contribution in [-0.4, -0.2) is 25.1 Å². The van der Waals surface area contributed by atoms with Gasteiger partial charge in [-0.1, -0.05) is 12.1 Å². The summed E-state index contributed by atoms with van der Waals surface area (Å²) in [6, 6.07) is 11.1. The van der Waals surface area contributed by atoms with Crippen molar-refractivity contribution in [1.29, 1.82) is 0 Å². The van der Waals surface area contributed by atoms with Crippen molar-refractivity contribution in [2.45, 2.75) is 24.2 Å². The Labute approximate surface area is 140 Å². The van der Waals surface area contributed by atoms with Crippen LogP contribution >= 0.6 is 0 Å². The van der Waals surface area contributed by atoms with Crippen LogP contribution in [0.3, 0.4) is 0 Å². The lowest BCUT2D eigenvalue weighted by Crippen LogP contribution is -2.17. The van der Waals surface area contributed by atoms with Crippen LogP contribution in [0, 0.1) is 0 Å². The molecule has 0 aliphatic heterocycles. The molecule has 0 saturated carbocycles. The number of hydrazone groups is 1.